The zero-order valence-electron chi connectivity index (χ0n) is 14.0. The Morgan fingerprint density at radius 1 is 1.22 bits per heavy atom. The van der Waals surface area contributed by atoms with E-state index in [0.717, 1.165) is 28.8 Å². The molecular formula is C18H16BrF3N2O3. The summed E-state index contributed by atoms with van der Waals surface area (Å²) < 4.78 is 41.0. The number of hydrogen-bond acceptors (Lipinski definition) is 4. The smallest absolute Gasteiger partial charge is 0.406 e. The maximum atomic E-state index is 12.4. The van der Waals surface area contributed by atoms with Gasteiger partial charge in [-0.1, -0.05) is 0 Å². The second-order valence-electron chi connectivity index (χ2n) is 6.08. The van der Waals surface area contributed by atoms with Crippen molar-refractivity contribution in [2.75, 3.05) is 23.3 Å². The number of aliphatic hydroxyl groups excluding tert-OH is 1. The number of carbonyl (C=O) groups is 1. The zero-order chi connectivity index (χ0) is 19.6. The van der Waals surface area contributed by atoms with Gasteiger partial charge in [-0.3, -0.25) is 4.79 Å². The molecule has 3 rings (SSSR count). The van der Waals surface area contributed by atoms with E-state index >= 15 is 0 Å². The molecule has 0 radical (unpaired) electrons. The lowest BCUT2D eigenvalue weighted by molar-refractivity contribution is -0.274. The van der Waals surface area contributed by atoms with E-state index in [-0.39, 0.29) is 11.9 Å². The molecule has 1 heterocycles. The molecule has 1 amide bonds. The number of anilines is 2. The lowest BCUT2D eigenvalue weighted by Gasteiger charge is -2.20. The van der Waals surface area contributed by atoms with Crippen molar-refractivity contribution in [3.05, 3.63) is 52.5 Å². The molecule has 1 aliphatic heterocycles. The molecule has 0 spiro atoms. The number of alkyl halides is 3. The van der Waals surface area contributed by atoms with Gasteiger partial charge in [-0.15, -0.1) is 13.2 Å². The van der Waals surface area contributed by atoms with Gasteiger partial charge < -0.3 is 20.1 Å². The van der Waals surface area contributed by atoms with Crippen molar-refractivity contribution < 1.29 is 27.8 Å². The molecule has 2 N–H and O–H groups in total. The van der Waals surface area contributed by atoms with E-state index in [4.69, 9.17) is 0 Å². The summed E-state index contributed by atoms with van der Waals surface area (Å²) in [4.78, 5) is 14.4. The number of aliphatic hydroxyl groups is 1. The summed E-state index contributed by atoms with van der Waals surface area (Å²) in [6.45, 7) is 1.27. The van der Waals surface area contributed by atoms with Crippen LogP contribution in [-0.4, -0.2) is 36.6 Å². The number of amides is 1. The molecule has 1 aliphatic rings. The van der Waals surface area contributed by atoms with Crippen LogP contribution in [0.1, 0.15) is 16.8 Å². The summed E-state index contributed by atoms with van der Waals surface area (Å²) >= 11 is 3.44. The van der Waals surface area contributed by atoms with Crippen LogP contribution in [0.5, 0.6) is 5.75 Å². The van der Waals surface area contributed by atoms with Crippen molar-refractivity contribution in [2.45, 2.75) is 18.9 Å². The molecule has 1 atom stereocenters. The third-order valence-corrected chi connectivity index (χ3v) is 4.69. The Hall–Kier alpha value is -2.26. The minimum absolute atomic E-state index is 0.345. The molecule has 27 heavy (non-hydrogen) atoms. The SMILES string of the molecule is O=C(Nc1ccc(OC(F)(F)F)cc1)c1ccc(N2CC[C@@H](O)C2)c(Br)c1. The fourth-order valence-electron chi connectivity index (χ4n) is 2.81. The second-order valence-corrected chi connectivity index (χ2v) is 6.94. The minimum Gasteiger partial charge on any atom is -0.406 e. The van der Waals surface area contributed by atoms with Crippen molar-refractivity contribution in [1.82, 2.24) is 0 Å². The van der Waals surface area contributed by atoms with Gasteiger partial charge in [0.15, 0.2) is 0 Å². The van der Waals surface area contributed by atoms with Crippen LogP contribution in [-0.2, 0) is 0 Å². The first-order valence-corrected chi connectivity index (χ1v) is 8.90. The molecule has 5 nitrogen and oxygen atoms in total. The fourth-order valence-corrected chi connectivity index (χ4v) is 3.44. The van der Waals surface area contributed by atoms with Gasteiger partial charge in [-0.2, -0.15) is 0 Å². The lowest BCUT2D eigenvalue weighted by atomic mass is 10.1. The summed E-state index contributed by atoms with van der Waals surface area (Å²) in [6.07, 6.45) is -4.42. The molecule has 0 aliphatic carbocycles. The molecule has 2 aromatic rings. The zero-order valence-corrected chi connectivity index (χ0v) is 15.5. The van der Waals surface area contributed by atoms with Gasteiger partial charge in [0, 0.05) is 28.8 Å². The van der Waals surface area contributed by atoms with E-state index in [1.54, 1.807) is 18.2 Å². The number of carbonyl (C=O) groups excluding carboxylic acids is 1. The Morgan fingerprint density at radius 3 is 2.48 bits per heavy atom. The molecule has 144 valence electrons. The highest BCUT2D eigenvalue weighted by atomic mass is 79.9. The largest absolute Gasteiger partial charge is 0.573 e. The van der Waals surface area contributed by atoms with Gasteiger partial charge in [0.2, 0.25) is 0 Å². The number of nitrogens with zero attached hydrogens (tertiary/aromatic N) is 1. The number of β-amino-alcohol motifs (C(OH)–C–C–N with tert-alkyl or cyclic N) is 1. The first-order chi connectivity index (χ1) is 12.7. The Balaban J connectivity index is 1.66. The first-order valence-electron chi connectivity index (χ1n) is 8.11. The number of benzene rings is 2. The predicted octanol–water partition coefficient (Wildman–Crippen LogP) is 4.17. The minimum atomic E-state index is -4.76. The summed E-state index contributed by atoms with van der Waals surface area (Å²) in [5.74, 6) is -0.756. The lowest BCUT2D eigenvalue weighted by Crippen LogP contribution is -2.21. The summed E-state index contributed by atoms with van der Waals surface area (Å²) in [5.41, 5.74) is 1.62. The predicted molar refractivity (Wildman–Crippen MR) is 98.1 cm³/mol. The Kier molecular flexibility index (Phi) is 5.61. The monoisotopic (exact) mass is 444 g/mol. The normalized spacial score (nSPS) is 17.1. The molecule has 1 fully saturated rings. The maximum absolute atomic E-state index is 12.4. The number of hydrogen-bond donors (Lipinski definition) is 2. The van der Waals surface area contributed by atoms with Crippen molar-refractivity contribution in [2.24, 2.45) is 0 Å². The van der Waals surface area contributed by atoms with Gasteiger partial charge in [0.05, 0.1) is 11.8 Å². The van der Waals surface area contributed by atoms with Crippen molar-refractivity contribution in [3.8, 4) is 5.75 Å². The van der Waals surface area contributed by atoms with E-state index < -0.39 is 12.3 Å². The van der Waals surface area contributed by atoms with Gasteiger partial charge in [-0.05, 0) is 64.8 Å². The fraction of sp³-hybridized carbons (Fsp3) is 0.278. The van der Waals surface area contributed by atoms with Crippen molar-refractivity contribution in [3.63, 3.8) is 0 Å². The molecule has 0 unspecified atom stereocenters. The Labute approximate surface area is 161 Å². The number of rotatable bonds is 4. The van der Waals surface area contributed by atoms with Gasteiger partial charge in [0.1, 0.15) is 5.75 Å². The molecule has 0 bridgehead atoms. The van der Waals surface area contributed by atoms with Crippen LogP contribution in [0.4, 0.5) is 24.5 Å². The van der Waals surface area contributed by atoms with Crippen LogP contribution in [0.15, 0.2) is 46.9 Å². The van der Waals surface area contributed by atoms with Crippen LogP contribution >= 0.6 is 15.9 Å². The van der Waals surface area contributed by atoms with Crippen molar-refractivity contribution >= 4 is 33.2 Å². The summed E-state index contributed by atoms with van der Waals surface area (Å²) in [5, 5.41) is 12.3. The average molecular weight is 445 g/mol. The topological polar surface area (TPSA) is 61.8 Å². The molecule has 0 aromatic heterocycles. The number of ether oxygens (including phenoxy) is 1. The Morgan fingerprint density at radius 2 is 1.93 bits per heavy atom. The third-order valence-electron chi connectivity index (χ3n) is 4.06. The molecule has 0 saturated carbocycles. The maximum Gasteiger partial charge on any atom is 0.573 e. The van der Waals surface area contributed by atoms with Gasteiger partial charge in [0.25, 0.3) is 5.91 Å². The van der Waals surface area contributed by atoms with E-state index in [1.807, 2.05) is 4.90 Å². The molecular weight excluding hydrogens is 429 g/mol. The van der Waals surface area contributed by atoms with Crippen LogP contribution in [0, 0.1) is 0 Å². The van der Waals surface area contributed by atoms with E-state index in [9.17, 15) is 23.1 Å². The van der Waals surface area contributed by atoms with Gasteiger partial charge >= 0.3 is 6.36 Å². The number of halogens is 4. The highest BCUT2D eigenvalue weighted by molar-refractivity contribution is 9.10. The van der Waals surface area contributed by atoms with E-state index in [0.29, 0.717) is 24.2 Å². The quantitative estimate of drug-likeness (QED) is 0.742. The van der Waals surface area contributed by atoms with E-state index in [2.05, 4.69) is 26.0 Å². The summed E-state index contributed by atoms with van der Waals surface area (Å²) in [6, 6.07) is 10.0. The highest BCUT2D eigenvalue weighted by Crippen LogP contribution is 2.30. The van der Waals surface area contributed by atoms with Crippen LogP contribution in [0.25, 0.3) is 0 Å². The average Bonchev–Trinajstić information content (AvgIpc) is 3.01. The van der Waals surface area contributed by atoms with Gasteiger partial charge in [-0.25, -0.2) is 0 Å². The molecule has 9 heteroatoms. The molecule has 1 saturated heterocycles. The van der Waals surface area contributed by atoms with Crippen molar-refractivity contribution in [1.29, 1.82) is 0 Å². The first kappa shape index (κ1) is 19.5. The standard InChI is InChI=1S/C18H16BrF3N2O3/c19-15-9-11(1-6-16(15)24-8-7-13(25)10-24)17(26)23-12-2-4-14(5-3-12)27-18(20,21)22/h1-6,9,13,25H,7-8,10H2,(H,23,26)/t13-/m1/s1. The second kappa shape index (κ2) is 7.77. The summed E-state index contributed by atoms with van der Waals surface area (Å²) in [7, 11) is 0. The highest BCUT2D eigenvalue weighted by Gasteiger charge is 2.31. The molecule has 2 aromatic carbocycles. The number of nitrogens with one attached hydrogen (secondary N) is 1. The third kappa shape index (κ3) is 5.14. The van der Waals surface area contributed by atoms with Crippen LogP contribution < -0.4 is 15.0 Å². The van der Waals surface area contributed by atoms with E-state index in [1.165, 1.54) is 12.1 Å². The van der Waals surface area contributed by atoms with Crippen LogP contribution in [0.3, 0.4) is 0 Å². The van der Waals surface area contributed by atoms with Crippen LogP contribution in [0.2, 0.25) is 0 Å². The Bertz CT molecular complexity index is 828.